The topological polar surface area (TPSA) is 37.3 Å². The van der Waals surface area contributed by atoms with Crippen molar-refractivity contribution in [2.75, 3.05) is 0 Å². The smallest absolute Gasteiger partial charge is 0.122 e. The van der Waals surface area contributed by atoms with Crippen LogP contribution in [-0.2, 0) is 17.6 Å². The van der Waals surface area contributed by atoms with Crippen molar-refractivity contribution in [3.8, 4) is 5.75 Å². The van der Waals surface area contributed by atoms with Crippen molar-refractivity contribution >= 4 is 6.29 Å². The van der Waals surface area contributed by atoms with E-state index in [2.05, 4.69) is 19.9 Å². The molecule has 0 saturated carbocycles. The van der Waals surface area contributed by atoms with Crippen LogP contribution in [0.15, 0.2) is 12.1 Å². The molecule has 1 N–H and O–H groups in total. The Balaban J connectivity index is 3.19. The summed E-state index contributed by atoms with van der Waals surface area (Å²) in [5, 5.41) is 10.1. The highest BCUT2D eigenvalue weighted by Gasteiger charge is 2.13. The summed E-state index contributed by atoms with van der Waals surface area (Å²) in [5.41, 5.74) is 3.06. The number of hydrogen-bond acceptors (Lipinski definition) is 2. The Hall–Kier alpha value is -1.31. The highest BCUT2D eigenvalue weighted by molar-refractivity contribution is 5.53. The number of phenolic OH excluding ortho intramolecular Hbond substituents is 1. The molecule has 1 aromatic rings. The third kappa shape index (κ3) is 2.63. The summed E-state index contributed by atoms with van der Waals surface area (Å²) >= 11 is 0. The number of aromatic hydroxyl groups is 1. The SMILES string of the molecule is CCc1ccc(C(C)C)c(CCC=O)c1O. The van der Waals surface area contributed by atoms with Gasteiger partial charge in [0.1, 0.15) is 12.0 Å². The maximum atomic E-state index is 10.4. The number of carbonyl (C=O) groups excluding carboxylic acids is 1. The van der Waals surface area contributed by atoms with Gasteiger partial charge < -0.3 is 9.90 Å². The van der Waals surface area contributed by atoms with E-state index in [1.807, 2.05) is 13.0 Å². The molecular weight excluding hydrogens is 200 g/mol. The Morgan fingerprint density at radius 2 is 2.06 bits per heavy atom. The number of aryl methyl sites for hydroxylation is 1. The van der Waals surface area contributed by atoms with Crippen molar-refractivity contribution in [1.29, 1.82) is 0 Å². The Morgan fingerprint density at radius 3 is 2.56 bits per heavy atom. The Kier molecular flexibility index (Phi) is 4.53. The van der Waals surface area contributed by atoms with Crippen molar-refractivity contribution in [2.45, 2.75) is 46.0 Å². The van der Waals surface area contributed by atoms with Crippen LogP contribution in [-0.4, -0.2) is 11.4 Å². The molecule has 0 unspecified atom stereocenters. The second-order valence-corrected chi connectivity index (χ2v) is 4.35. The maximum absolute atomic E-state index is 10.4. The van der Waals surface area contributed by atoms with Crippen molar-refractivity contribution in [2.24, 2.45) is 0 Å². The van der Waals surface area contributed by atoms with Crippen LogP contribution >= 0.6 is 0 Å². The van der Waals surface area contributed by atoms with Crippen LogP contribution in [0.2, 0.25) is 0 Å². The minimum absolute atomic E-state index is 0.374. The van der Waals surface area contributed by atoms with E-state index in [0.717, 1.165) is 29.4 Å². The van der Waals surface area contributed by atoms with Gasteiger partial charge in [-0.1, -0.05) is 32.9 Å². The Bertz CT molecular complexity index is 367. The van der Waals surface area contributed by atoms with Crippen LogP contribution < -0.4 is 0 Å². The second-order valence-electron chi connectivity index (χ2n) is 4.35. The van der Waals surface area contributed by atoms with Crippen LogP contribution in [0, 0.1) is 0 Å². The molecule has 88 valence electrons. The minimum Gasteiger partial charge on any atom is -0.507 e. The normalized spacial score (nSPS) is 10.8. The summed E-state index contributed by atoms with van der Waals surface area (Å²) in [6.07, 6.45) is 2.83. The van der Waals surface area contributed by atoms with Gasteiger partial charge in [0.25, 0.3) is 0 Å². The highest BCUT2D eigenvalue weighted by atomic mass is 16.3. The summed E-state index contributed by atoms with van der Waals surface area (Å²) < 4.78 is 0. The van der Waals surface area contributed by atoms with Gasteiger partial charge in [0.2, 0.25) is 0 Å². The number of rotatable bonds is 5. The lowest BCUT2D eigenvalue weighted by molar-refractivity contribution is -0.107. The monoisotopic (exact) mass is 220 g/mol. The first-order chi connectivity index (χ1) is 7.61. The molecule has 0 aliphatic carbocycles. The van der Waals surface area contributed by atoms with Crippen LogP contribution in [0.5, 0.6) is 5.75 Å². The zero-order valence-corrected chi connectivity index (χ0v) is 10.3. The van der Waals surface area contributed by atoms with Crippen LogP contribution in [0.25, 0.3) is 0 Å². The Morgan fingerprint density at radius 1 is 1.38 bits per heavy atom. The summed E-state index contributed by atoms with van der Waals surface area (Å²) in [6.45, 7) is 6.23. The molecule has 0 spiro atoms. The first kappa shape index (κ1) is 12.8. The van der Waals surface area contributed by atoms with Crippen molar-refractivity contribution < 1.29 is 9.90 Å². The van der Waals surface area contributed by atoms with Crippen molar-refractivity contribution in [3.63, 3.8) is 0 Å². The lowest BCUT2D eigenvalue weighted by Gasteiger charge is -2.16. The van der Waals surface area contributed by atoms with Crippen molar-refractivity contribution in [3.05, 3.63) is 28.8 Å². The molecule has 0 atom stereocenters. The lowest BCUT2D eigenvalue weighted by atomic mass is 9.91. The average Bonchev–Trinajstić information content (AvgIpc) is 2.26. The molecule has 1 rings (SSSR count). The molecule has 2 nitrogen and oxygen atoms in total. The molecule has 1 aromatic carbocycles. The zero-order valence-electron chi connectivity index (χ0n) is 10.3. The highest BCUT2D eigenvalue weighted by Crippen LogP contribution is 2.31. The first-order valence-electron chi connectivity index (χ1n) is 5.89. The number of hydrogen-bond donors (Lipinski definition) is 1. The fourth-order valence-electron chi connectivity index (χ4n) is 1.99. The van der Waals surface area contributed by atoms with E-state index < -0.39 is 0 Å². The third-order valence-corrected chi connectivity index (χ3v) is 2.92. The van der Waals surface area contributed by atoms with E-state index in [0.29, 0.717) is 24.5 Å². The number of carbonyl (C=O) groups is 1. The molecule has 0 fully saturated rings. The quantitative estimate of drug-likeness (QED) is 0.774. The third-order valence-electron chi connectivity index (χ3n) is 2.92. The standard InChI is InChI=1S/C14H20O2/c1-4-11-7-8-12(10(2)3)13(14(11)16)6-5-9-15/h7-10,16H,4-6H2,1-3H3. The average molecular weight is 220 g/mol. The van der Waals surface area contributed by atoms with Gasteiger partial charge in [0, 0.05) is 6.42 Å². The summed E-state index contributed by atoms with van der Waals surface area (Å²) in [6, 6.07) is 4.05. The molecule has 2 heteroatoms. The van der Waals surface area contributed by atoms with E-state index in [4.69, 9.17) is 0 Å². The fourth-order valence-corrected chi connectivity index (χ4v) is 1.99. The molecule has 0 saturated heterocycles. The zero-order chi connectivity index (χ0) is 12.1. The van der Waals surface area contributed by atoms with Gasteiger partial charge in [-0.25, -0.2) is 0 Å². The molecule has 0 radical (unpaired) electrons. The van der Waals surface area contributed by atoms with Gasteiger partial charge in [-0.15, -0.1) is 0 Å². The fraction of sp³-hybridized carbons (Fsp3) is 0.500. The summed E-state index contributed by atoms with van der Waals surface area (Å²) in [4.78, 5) is 10.4. The lowest BCUT2D eigenvalue weighted by Crippen LogP contribution is -2.00. The molecular formula is C14H20O2. The van der Waals surface area contributed by atoms with E-state index in [1.54, 1.807) is 0 Å². The predicted octanol–water partition coefficient (Wildman–Crippen LogP) is 3.21. The number of aldehydes is 1. The second kappa shape index (κ2) is 5.69. The Labute approximate surface area is 97.3 Å². The van der Waals surface area contributed by atoms with Crippen LogP contribution in [0.1, 0.15) is 49.8 Å². The molecule has 0 amide bonds. The van der Waals surface area contributed by atoms with Gasteiger partial charge in [-0.3, -0.25) is 0 Å². The molecule has 16 heavy (non-hydrogen) atoms. The van der Waals surface area contributed by atoms with E-state index in [9.17, 15) is 9.90 Å². The minimum atomic E-state index is 0.374. The molecule has 0 aliphatic heterocycles. The van der Waals surface area contributed by atoms with Crippen LogP contribution in [0.4, 0.5) is 0 Å². The van der Waals surface area contributed by atoms with E-state index in [1.165, 1.54) is 0 Å². The van der Waals surface area contributed by atoms with Gasteiger partial charge in [-0.05, 0) is 35.4 Å². The van der Waals surface area contributed by atoms with Crippen molar-refractivity contribution in [1.82, 2.24) is 0 Å². The molecule has 0 heterocycles. The maximum Gasteiger partial charge on any atom is 0.122 e. The molecule has 0 aromatic heterocycles. The summed E-state index contributed by atoms with van der Waals surface area (Å²) in [7, 11) is 0. The largest absolute Gasteiger partial charge is 0.507 e. The van der Waals surface area contributed by atoms with Gasteiger partial charge >= 0.3 is 0 Å². The van der Waals surface area contributed by atoms with E-state index >= 15 is 0 Å². The summed E-state index contributed by atoms with van der Waals surface area (Å²) in [5.74, 6) is 0.758. The molecule has 0 bridgehead atoms. The van der Waals surface area contributed by atoms with Crippen LogP contribution in [0.3, 0.4) is 0 Å². The van der Waals surface area contributed by atoms with Gasteiger partial charge in [0.15, 0.2) is 0 Å². The number of phenols is 1. The number of benzene rings is 1. The van der Waals surface area contributed by atoms with E-state index in [-0.39, 0.29) is 0 Å². The predicted molar refractivity (Wildman–Crippen MR) is 66.0 cm³/mol. The van der Waals surface area contributed by atoms with Gasteiger partial charge in [0.05, 0.1) is 0 Å². The first-order valence-corrected chi connectivity index (χ1v) is 5.89. The van der Waals surface area contributed by atoms with Gasteiger partial charge in [-0.2, -0.15) is 0 Å². The molecule has 0 aliphatic rings.